The minimum atomic E-state index is -4.60. The summed E-state index contributed by atoms with van der Waals surface area (Å²) in [5, 5.41) is 2.87. The summed E-state index contributed by atoms with van der Waals surface area (Å²) in [4.78, 5) is 16.4. The first-order chi connectivity index (χ1) is 13.3. The maximum absolute atomic E-state index is 12.8. The maximum Gasteiger partial charge on any atom is 0.421 e. The molecule has 0 atom stereocenters. The van der Waals surface area contributed by atoms with Crippen molar-refractivity contribution in [3.8, 4) is 5.88 Å². The van der Waals surface area contributed by atoms with E-state index in [0.29, 0.717) is 23.6 Å². The Morgan fingerprint density at radius 1 is 1.18 bits per heavy atom. The van der Waals surface area contributed by atoms with Crippen LogP contribution in [-0.4, -0.2) is 59.7 Å². The smallest absolute Gasteiger partial charge is 0.421 e. The molecular weight excluding hydrogens is 375 g/mol. The molecule has 1 saturated heterocycles. The van der Waals surface area contributed by atoms with E-state index in [0.717, 1.165) is 32.7 Å². The third-order valence-electron chi connectivity index (χ3n) is 4.52. The van der Waals surface area contributed by atoms with E-state index in [9.17, 15) is 13.2 Å². The van der Waals surface area contributed by atoms with Crippen molar-refractivity contribution in [2.45, 2.75) is 13.1 Å². The standard InChI is InChI=1S/C17H22F3N7O/c1-3-26-4-6-27(7-5-26)13-8-11(9-14(24-13)28-2)23-16-22-10-12(15(21)25-16)17(18,19)20/h8-10H,3-7H2,1-2H3,(H3,21,22,23,24,25). The van der Waals surface area contributed by atoms with Gasteiger partial charge in [-0.1, -0.05) is 6.92 Å². The van der Waals surface area contributed by atoms with Gasteiger partial charge in [-0.25, -0.2) is 4.98 Å². The molecule has 0 unspecified atom stereocenters. The molecule has 0 amide bonds. The number of nitrogens with zero attached hydrogens (tertiary/aromatic N) is 5. The fourth-order valence-electron chi connectivity index (χ4n) is 2.93. The molecule has 0 spiro atoms. The molecule has 1 fully saturated rings. The molecule has 0 aliphatic carbocycles. The maximum atomic E-state index is 12.8. The second-order valence-electron chi connectivity index (χ2n) is 6.29. The number of pyridine rings is 1. The highest BCUT2D eigenvalue weighted by Gasteiger charge is 2.34. The summed E-state index contributed by atoms with van der Waals surface area (Å²) in [6.45, 7) is 6.61. The van der Waals surface area contributed by atoms with E-state index in [2.05, 4.69) is 37.0 Å². The number of hydrogen-bond donors (Lipinski definition) is 2. The van der Waals surface area contributed by atoms with Crippen LogP contribution in [0.4, 0.5) is 36.4 Å². The van der Waals surface area contributed by atoms with Crippen molar-refractivity contribution in [3.05, 3.63) is 23.9 Å². The van der Waals surface area contributed by atoms with Crippen molar-refractivity contribution in [1.82, 2.24) is 19.9 Å². The topological polar surface area (TPSA) is 92.4 Å². The van der Waals surface area contributed by atoms with Crippen molar-refractivity contribution in [3.63, 3.8) is 0 Å². The SMILES string of the molecule is CCN1CCN(c2cc(Nc3ncc(C(F)(F)F)c(N)n3)cc(OC)n2)CC1. The summed E-state index contributed by atoms with van der Waals surface area (Å²) >= 11 is 0. The summed E-state index contributed by atoms with van der Waals surface area (Å²) in [6.07, 6.45) is -3.94. The van der Waals surface area contributed by atoms with Gasteiger partial charge in [0, 0.05) is 50.2 Å². The zero-order valence-corrected chi connectivity index (χ0v) is 15.6. The molecule has 2 aromatic rings. The van der Waals surface area contributed by atoms with E-state index in [1.165, 1.54) is 7.11 Å². The second-order valence-corrected chi connectivity index (χ2v) is 6.29. The molecule has 2 aromatic heterocycles. The number of ether oxygens (including phenoxy) is 1. The molecule has 28 heavy (non-hydrogen) atoms. The van der Waals surface area contributed by atoms with Gasteiger partial charge in [0.05, 0.1) is 7.11 Å². The highest BCUT2D eigenvalue weighted by Crippen LogP contribution is 2.33. The van der Waals surface area contributed by atoms with Crippen LogP contribution in [0, 0.1) is 0 Å². The van der Waals surface area contributed by atoms with Crippen molar-refractivity contribution < 1.29 is 17.9 Å². The molecule has 0 bridgehead atoms. The molecule has 8 nitrogen and oxygen atoms in total. The Morgan fingerprint density at radius 2 is 1.89 bits per heavy atom. The summed E-state index contributed by atoms with van der Waals surface area (Å²) in [6, 6.07) is 3.39. The average Bonchev–Trinajstić information content (AvgIpc) is 2.66. The highest BCUT2D eigenvalue weighted by atomic mass is 19.4. The highest BCUT2D eigenvalue weighted by molar-refractivity contribution is 5.62. The van der Waals surface area contributed by atoms with Gasteiger partial charge in [0.1, 0.15) is 17.2 Å². The first-order valence-corrected chi connectivity index (χ1v) is 8.80. The number of halogens is 3. The number of likely N-dealkylation sites (N-methyl/N-ethyl adjacent to an activating group) is 1. The number of rotatable bonds is 5. The summed E-state index contributed by atoms with van der Waals surface area (Å²) in [5.74, 6) is 0.401. The molecule has 3 N–H and O–H groups in total. The van der Waals surface area contributed by atoms with Gasteiger partial charge >= 0.3 is 6.18 Å². The Labute approximate surface area is 160 Å². The van der Waals surface area contributed by atoms with Gasteiger partial charge in [0.25, 0.3) is 0 Å². The van der Waals surface area contributed by atoms with E-state index in [-0.39, 0.29) is 5.95 Å². The fraction of sp³-hybridized carbons (Fsp3) is 0.471. The Bertz CT molecular complexity index is 823. The van der Waals surface area contributed by atoms with Gasteiger partial charge in [-0.15, -0.1) is 0 Å². The average molecular weight is 397 g/mol. The van der Waals surface area contributed by atoms with Gasteiger partial charge in [-0.3, -0.25) is 0 Å². The van der Waals surface area contributed by atoms with Crippen molar-refractivity contribution in [2.75, 3.05) is 55.8 Å². The minimum absolute atomic E-state index is 0.0412. The zero-order chi connectivity index (χ0) is 20.3. The van der Waals surface area contributed by atoms with E-state index >= 15 is 0 Å². The Balaban J connectivity index is 1.81. The molecule has 1 aliphatic heterocycles. The van der Waals surface area contributed by atoms with E-state index in [1.807, 2.05) is 0 Å². The number of nitrogen functional groups attached to an aromatic ring is 1. The molecule has 11 heteroatoms. The first-order valence-electron chi connectivity index (χ1n) is 8.80. The number of nitrogens with two attached hydrogens (primary N) is 1. The van der Waals surface area contributed by atoms with E-state index in [1.54, 1.807) is 12.1 Å². The Kier molecular flexibility index (Phi) is 5.73. The van der Waals surface area contributed by atoms with Gasteiger partial charge in [0.15, 0.2) is 0 Å². The third kappa shape index (κ3) is 4.53. The van der Waals surface area contributed by atoms with Crippen LogP contribution in [0.3, 0.4) is 0 Å². The molecule has 0 radical (unpaired) electrons. The minimum Gasteiger partial charge on any atom is -0.481 e. The molecule has 0 saturated carbocycles. The summed E-state index contributed by atoms with van der Waals surface area (Å²) in [7, 11) is 1.50. The van der Waals surface area contributed by atoms with Gasteiger partial charge in [0.2, 0.25) is 11.8 Å². The largest absolute Gasteiger partial charge is 0.481 e. The quantitative estimate of drug-likeness (QED) is 0.795. The van der Waals surface area contributed by atoms with Gasteiger partial charge in [-0.2, -0.15) is 23.1 Å². The normalized spacial score (nSPS) is 15.5. The third-order valence-corrected chi connectivity index (χ3v) is 4.52. The lowest BCUT2D eigenvalue weighted by Gasteiger charge is -2.35. The van der Waals surface area contributed by atoms with Crippen LogP contribution in [0.2, 0.25) is 0 Å². The van der Waals surface area contributed by atoms with Crippen LogP contribution in [0.5, 0.6) is 5.88 Å². The molecule has 152 valence electrons. The van der Waals surface area contributed by atoms with Crippen molar-refractivity contribution in [2.24, 2.45) is 0 Å². The van der Waals surface area contributed by atoms with E-state index < -0.39 is 17.6 Å². The number of anilines is 4. The summed E-state index contributed by atoms with van der Waals surface area (Å²) < 4.78 is 43.7. The Morgan fingerprint density at radius 3 is 2.46 bits per heavy atom. The van der Waals surface area contributed by atoms with Crippen molar-refractivity contribution in [1.29, 1.82) is 0 Å². The van der Waals surface area contributed by atoms with Crippen LogP contribution >= 0.6 is 0 Å². The fourth-order valence-corrected chi connectivity index (χ4v) is 2.93. The Hall–Kier alpha value is -2.82. The van der Waals surface area contributed by atoms with Crippen LogP contribution in [0.1, 0.15) is 12.5 Å². The monoisotopic (exact) mass is 397 g/mol. The predicted octanol–water partition coefficient (Wildman–Crippen LogP) is 2.37. The lowest BCUT2D eigenvalue weighted by atomic mass is 10.3. The number of aromatic nitrogens is 3. The molecule has 0 aromatic carbocycles. The van der Waals surface area contributed by atoms with Crippen LogP contribution in [0.25, 0.3) is 0 Å². The number of piperazine rings is 1. The summed E-state index contributed by atoms with van der Waals surface area (Å²) in [5.41, 5.74) is 4.90. The molecular formula is C17H22F3N7O. The van der Waals surface area contributed by atoms with E-state index in [4.69, 9.17) is 10.5 Å². The molecule has 3 rings (SSSR count). The van der Waals surface area contributed by atoms with Gasteiger partial charge < -0.3 is 25.6 Å². The molecule has 1 aliphatic rings. The molecule has 3 heterocycles. The number of alkyl halides is 3. The number of nitrogens with one attached hydrogen (secondary N) is 1. The lowest BCUT2D eigenvalue weighted by molar-refractivity contribution is -0.137. The number of hydrogen-bond acceptors (Lipinski definition) is 8. The second kappa shape index (κ2) is 8.05. The zero-order valence-electron chi connectivity index (χ0n) is 15.6. The van der Waals surface area contributed by atoms with Crippen molar-refractivity contribution >= 4 is 23.3 Å². The van der Waals surface area contributed by atoms with Crippen LogP contribution in [0.15, 0.2) is 18.3 Å². The predicted molar refractivity (Wildman–Crippen MR) is 99.8 cm³/mol. The van der Waals surface area contributed by atoms with Crippen LogP contribution < -0.4 is 20.7 Å². The lowest BCUT2D eigenvalue weighted by Crippen LogP contribution is -2.46. The van der Waals surface area contributed by atoms with Crippen LogP contribution in [-0.2, 0) is 6.18 Å². The first kappa shape index (κ1) is 19.9. The number of methoxy groups -OCH3 is 1. The van der Waals surface area contributed by atoms with Gasteiger partial charge in [-0.05, 0) is 6.54 Å².